The zero-order chi connectivity index (χ0) is 14.7. The van der Waals surface area contributed by atoms with Crippen molar-refractivity contribution in [3.63, 3.8) is 0 Å². The highest BCUT2D eigenvalue weighted by molar-refractivity contribution is 5.83. The molecule has 3 nitrogen and oxygen atoms in total. The Hall–Kier alpha value is -2.42. The number of para-hydroxylation sites is 2. The van der Waals surface area contributed by atoms with E-state index in [0.717, 1.165) is 34.7 Å². The number of anilines is 1. The highest BCUT2D eigenvalue weighted by atomic mass is 15.0. The molecule has 0 aliphatic carbocycles. The van der Waals surface area contributed by atoms with E-state index in [1.165, 1.54) is 0 Å². The van der Waals surface area contributed by atoms with Crippen molar-refractivity contribution < 1.29 is 0 Å². The number of fused-ring (bicyclic) bond motifs is 1. The van der Waals surface area contributed by atoms with Crippen LogP contribution < -0.4 is 5.32 Å². The molecule has 0 aliphatic rings. The molecule has 0 atom stereocenters. The summed E-state index contributed by atoms with van der Waals surface area (Å²) in [7, 11) is 0. The fraction of sp³-hybridized carbons (Fsp3) is 0.222. The second-order valence-corrected chi connectivity index (χ2v) is 5.55. The third-order valence-electron chi connectivity index (χ3n) is 3.30. The van der Waals surface area contributed by atoms with Crippen LogP contribution in [0.15, 0.2) is 54.6 Å². The lowest BCUT2D eigenvalue weighted by Crippen LogP contribution is -2.11. The van der Waals surface area contributed by atoms with Gasteiger partial charge < -0.3 is 5.32 Å². The summed E-state index contributed by atoms with van der Waals surface area (Å²) in [6.45, 7) is 5.25. The summed E-state index contributed by atoms with van der Waals surface area (Å²) in [5, 5.41) is 3.43. The lowest BCUT2D eigenvalue weighted by Gasteiger charge is -2.13. The van der Waals surface area contributed by atoms with E-state index in [4.69, 9.17) is 9.97 Å². The minimum Gasteiger partial charge on any atom is -0.368 e. The van der Waals surface area contributed by atoms with Gasteiger partial charge in [0.1, 0.15) is 5.69 Å². The van der Waals surface area contributed by atoms with Crippen LogP contribution in [-0.2, 0) is 0 Å². The van der Waals surface area contributed by atoms with Crippen LogP contribution in [0.3, 0.4) is 0 Å². The summed E-state index contributed by atoms with van der Waals surface area (Å²) in [5.41, 5.74) is 3.84. The Labute approximate surface area is 125 Å². The third kappa shape index (κ3) is 3.02. The number of hydrogen-bond donors (Lipinski definition) is 1. The van der Waals surface area contributed by atoms with Crippen LogP contribution >= 0.6 is 0 Å². The van der Waals surface area contributed by atoms with Crippen LogP contribution in [0.5, 0.6) is 0 Å². The summed E-state index contributed by atoms with van der Waals surface area (Å²) in [4.78, 5) is 9.55. The van der Waals surface area contributed by atoms with Crippen molar-refractivity contribution in [3.8, 4) is 11.3 Å². The summed E-state index contributed by atoms with van der Waals surface area (Å²) in [6, 6.07) is 18.2. The highest BCUT2D eigenvalue weighted by Crippen LogP contribution is 2.26. The van der Waals surface area contributed by atoms with E-state index in [1.807, 2.05) is 42.5 Å². The van der Waals surface area contributed by atoms with Crippen LogP contribution in [0.25, 0.3) is 22.3 Å². The SMILES string of the molecule is CC(C)CNc1nc2ccccc2nc1-c1ccccc1. The maximum absolute atomic E-state index is 4.80. The zero-order valence-corrected chi connectivity index (χ0v) is 12.4. The van der Waals surface area contributed by atoms with Crippen molar-refractivity contribution >= 4 is 16.9 Å². The Morgan fingerprint density at radius 3 is 2.14 bits per heavy atom. The molecule has 21 heavy (non-hydrogen) atoms. The van der Waals surface area contributed by atoms with Gasteiger partial charge in [-0.05, 0) is 18.1 Å². The Kier molecular flexibility index (Phi) is 3.82. The molecular formula is C18H19N3. The van der Waals surface area contributed by atoms with Gasteiger partial charge in [0.05, 0.1) is 11.0 Å². The summed E-state index contributed by atoms with van der Waals surface area (Å²) < 4.78 is 0. The van der Waals surface area contributed by atoms with Crippen molar-refractivity contribution in [2.24, 2.45) is 5.92 Å². The smallest absolute Gasteiger partial charge is 0.153 e. The first-order valence-electron chi connectivity index (χ1n) is 7.30. The molecule has 0 aliphatic heterocycles. The third-order valence-corrected chi connectivity index (χ3v) is 3.30. The topological polar surface area (TPSA) is 37.8 Å². The minimum atomic E-state index is 0.557. The van der Waals surface area contributed by atoms with Crippen molar-refractivity contribution in [2.75, 3.05) is 11.9 Å². The standard InChI is InChI=1S/C18H19N3/c1-13(2)12-19-18-17(14-8-4-3-5-9-14)20-15-10-6-7-11-16(15)21-18/h3-11,13H,12H2,1-2H3,(H,19,21). The molecular weight excluding hydrogens is 258 g/mol. The van der Waals surface area contributed by atoms with Gasteiger partial charge in [-0.2, -0.15) is 0 Å². The van der Waals surface area contributed by atoms with E-state index in [9.17, 15) is 0 Å². The lowest BCUT2D eigenvalue weighted by atomic mass is 10.1. The summed E-state index contributed by atoms with van der Waals surface area (Å²) in [5.74, 6) is 1.41. The van der Waals surface area contributed by atoms with Crippen molar-refractivity contribution in [2.45, 2.75) is 13.8 Å². The molecule has 0 unspecified atom stereocenters. The number of rotatable bonds is 4. The second-order valence-electron chi connectivity index (χ2n) is 5.55. The van der Waals surface area contributed by atoms with Gasteiger partial charge in [0.2, 0.25) is 0 Å². The van der Waals surface area contributed by atoms with Crippen molar-refractivity contribution in [1.82, 2.24) is 9.97 Å². The van der Waals surface area contributed by atoms with Gasteiger partial charge in [-0.25, -0.2) is 9.97 Å². The summed E-state index contributed by atoms with van der Waals surface area (Å²) >= 11 is 0. The maximum atomic E-state index is 4.80. The average molecular weight is 277 g/mol. The van der Waals surface area contributed by atoms with Gasteiger partial charge in [-0.1, -0.05) is 56.3 Å². The molecule has 106 valence electrons. The highest BCUT2D eigenvalue weighted by Gasteiger charge is 2.10. The molecule has 1 N–H and O–H groups in total. The van der Waals surface area contributed by atoms with Crippen LogP contribution in [0.4, 0.5) is 5.82 Å². The van der Waals surface area contributed by atoms with Gasteiger partial charge in [-0.15, -0.1) is 0 Å². The fourth-order valence-corrected chi connectivity index (χ4v) is 2.22. The predicted octanol–water partition coefficient (Wildman–Crippen LogP) is 4.36. The maximum Gasteiger partial charge on any atom is 0.153 e. The quantitative estimate of drug-likeness (QED) is 0.769. The second kappa shape index (κ2) is 5.92. The van der Waals surface area contributed by atoms with Crippen LogP contribution in [-0.4, -0.2) is 16.5 Å². The molecule has 0 fully saturated rings. The van der Waals surface area contributed by atoms with Gasteiger partial charge in [0.15, 0.2) is 5.82 Å². The molecule has 0 bridgehead atoms. The molecule has 3 heteroatoms. The van der Waals surface area contributed by atoms with E-state index in [-0.39, 0.29) is 0 Å². The monoisotopic (exact) mass is 277 g/mol. The molecule has 0 spiro atoms. The predicted molar refractivity (Wildman–Crippen MR) is 88.3 cm³/mol. The Morgan fingerprint density at radius 1 is 0.857 bits per heavy atom. The number of nitrogens with one attached hydrogen (secondary N) is 1. The van der Waals surface area contributed by atoms with Gasteiger partial charge >= 0.3 is 0 Å². The van der Waals surface area contributed by atoms with Gasteiger partial charge in [-0.3, -0.25) is 0 Å². The Morgan fingerprint density at radius 2 is 1.48 bits per heavy atom. The van der Waals surface area contributed by atoms with E-state index in [1.54, 1.807) is 0 Å². The first kappa shape index (κ1) is 13.6. The van der Waals surface area contributed by atoms with Crippen LogP contribution in [0, 0.1) is 5.92 Å². The first-order valence-corrected chi connectivity index (χ1v) is 7.30. The van der Waals surface area contributed by atoms with E-state index >= 15 is 0 Å². The fourth-order valence-electron chi connectivity index (χ4n) is 2.22. The molecule has 3 rings (SSSR count). The van der Waals surface area contributed by atoms with Crippen LogP contribution in [0.1, 0.15) is 13.8 Å². The van der Waals surface area contributed by atoms with Crippen molar-refractivity contribution in [1.29, 1.82) is 0 Å². The summed E-state index contributed by atoms with van der Waals surface area (Å²) in [6.07, 6.45) is 0. The van der Waals surface area contributed by atoms with E-state index < -0.39 is 0 Å². The van der Waals surface area contributed by atoms with Crippen LogP contribution in [0.2, 0.25) is 0 Å². The molecule has 1 aromatic heterocycles. The van der Waals surface area contributed by atoms with Gasteiger partial charge in [0, 0.05) is 12.1 Å². The first-order chi connectivity index (χ1) is 10.2. The van der Waals surface area contributed by atoms with E-state index in [0.29, 0.717) is 5.92 Å². The largest absolute Gasteiger partial charge is 0.368 e. The molecule has 1 heterocycles. The molecule has 2 aromatic carbocycles. The molecule has 0 saturated heterocycles. The zero-order valence-electron chi connectivity index (χ0n) is 12.4. The Bertz CT molecular complexity index is 736. The molecule has 3 aromatic rings. The molecule has 0 saturated carbocycles. The van der Waals surface area contributed by atoms with Gasteiger partial charge in [0.25, 0.3) is 0 Å². The number of benzene rings is 2. The normalized spacial score (nSPS) is 11.0. The van der Waals surface area contributed by atoms with E-state index in [2.05, 4.69) is 31.3 Å². The number of nitrogens with zero attached hydrogens (tertiary/aromatic N) is 2. The Balaban J connectivity index is 2.12. The minimum absolute atomic E-state index is 0.557. The number of hydrogen-bond acceptors (Lipinski definition) is 3. The average Bonchev–Trinajstić information content (AvgIpc) is 2.53. The molecule has 0 amide bonds. The molecule has 0 radical (unpaired) electrons. The number of aromatic nitrogens is 2. The van der Waals surface area contributed by atoms with Crippen molar-refractivity contribution in [3.05, 3.63) is 54.6 Å². The lowest BCUT2D eigenvalue weighted by molar-refractivity contribution is 0.687.